The standard InChI is InChI=1S/C17H16FNO2/c1-21-15-6-3-13(4-7-15)17(20)11-19-9-8-12-2-5-14(18)10-16(12)19/h2-7,10H,8-9,11H2,1H3. The van der Waals surface area contributed by atoms with Gasteiger partial charge in [-0.3, -0.25) is 4.79 Å². The van der Waals surface area contributed by atoms with Crippen LogP contribution in [0.25, 0.3) is 0 Å². The molecule has 1 aliphatic heterocycles. The van der Waals surface area contributed by atoms with E-state index in [0.717, 1.165) is 30.0 Å². The second-order valence-corrected chi connectivity index (χ2v) is 5.10. The topological polar surface area (TPSA) is 29.5 Å². The maximum absolute atomic E-state index is 13.4. The Morgan fingerprint density at radius 1 is 1.24 bits per heavy atom. The zero-order valence-corrected chi connectivity index (χ0v) is 11.8. The van der Waals surface area contributed by atoms with Gasteiger partial charge >= 0.3 is 0 Å². The van der Waals surface area contributed by atoms with E-state index < -0.39 is 0 Å². The summed E-state index contributed by atoms with van der Waals surface area (Å²) < 4.78 is 18.4. The number of carbonyl (C=O) groups excluding carboxylic acids is 1. The van der Waals surface area contributed by atoms with Crippen LogP contribution in [-0.4, -0.2) is 26.0 Å². The summed E-state index contributed by atoms with van der Waals surface area (Å²) in [5.41, 5.74) is 2.57. The van der Waals surface area contributed by atoms with Gasteiger partial charge in [-0.25, -0.2) is 4.39 Å². The highest BCUT2D eigenvalue weighted by atomic mass is 19.1. The summed E-state index contributed by atoms with van der Waals surface area (Å²) in [6, 6.07) is 11.8. The van der Waals surface area contributed by atoms with Gasteiger partial charge in [-0.2, -0.15) is 0 Å². The quantitative estimate of drug-likeness (QED) is 0.809. The molecular formula is C17H16FNO2. The van der Waals surface area contributed by atoms with E-state index in [4.69, 9.17) is 4.74 Å². The summed E-state index contributed by atoms with van der Waals surface area (Å²) in [5.74, 6) is 0.479. The first kappa shape index (κ1) is 13.6. The number of methoxy groups -OCH3 is 1. The summed E-state index contributed by atoms with van der Waals surface area (Å²) >= 11 is 0. The lowest BCUT2D eigenvalue weighted by atomic mass is 10.1. The summed E-state index contributed by atoms with van der Waals surface area (Å²) in [7, 11) is 1.59. The zero-order chi connectivity index (χ0) is 14.8. The fourth-order valence-electron chi connectivity index (χ4n) is 2.62. The number of fused-ring (bicyclic) bond motifs is 1. The maximum Gasteiger partial charge on any atom is 0.182 e. The van der Waals surface area contributed by atoms with Crippen LogP contribution in [0.4, 0.5) is 10.1 Å². The molecule has 0 spiro atoms. The van der Waals surface area contributed by atoms with Crippen LogP contribution in [0.3, 0.4) is 0 Å². The van der Waals surface area contributed by atoms with Crippen molar-refractivity contribution in [3.8, 4) is 5.75 Å². The summed E-state index contributed by atoms with van der Waals surface area (Å²) in [6.45, 7) is 1.02. The van der Waals surface area contributed by atoms with Crippen LogP contribution in [-0.2, 0) is 6.42 Å². The Bertz CT molecular complexity index is 667. The Balaban J connectivity index is 1.75. The van der Waals surface area contributed by atoms with Crippen LogP contribution < -0.4 is 9.64 Å². The molecule has 0 saturated heterocycles. The molecular weight excluding hydrogens is 269 g/mol. The van der Waals surface area contributed by atoms with Crippen molar-refractivity contribution >= 4 is 11.5 Å². The van der Waals surface area contributed by atoms with Gasteiger partial charge in [-0.05, 0) is 48.4 Å². The van der Waals surface area contributed by atoms with E-state index in [1.807, 2.05) is 4.90 Å². The summed E-state index contributed by atoms with van der Waals surface area (Å²) in [6.07, 6.45) is 0.853. The molecule has 0 unspecified atom stereocenters. The first-order valence-corrected chi connectivity index (χ1v) is 6.88. The Hall–Kier alpha value is -2.36. The Morgan fingerprint density at radius 2 is 2.00 bits per heavy atom. The van der Waals surface area contributed by atoms with Crippen molar-refractivity contribution < 1.29 is 13.9 Å². The highest BCUT2D eigenvalue weighted by Gasteiger charge is 2.22. The minimum atomic E-state index is -0.266. The monoisotopic (exact) mass is 285 g/mol. The predicted octanol–water partition coefficient (Wildman–Crippen LogP) is 3.08. The van der Waals surface area contributed by atoms with Crippen LogP contribution in [0.15, 0.2) is 42.5 Å². The second-order valence-electron chi connectivity index (χ2n) is 5.10. The number of ketones is 1. The van der Waals surface area contributed by atoms with Gasteiger partial charge in [0.2, 0.25) is 0 Å². The largest absolute Gasteiger partial charge is 0.497 e. The van der Waals surface area contributed by atoms with Crippen molar-refractivity contribution in [1.82, 2.24) is 0 Å². The van der Waals surface area contributed by atoms with E-state index in [2.05, 4.69) is 0 Å². The minimum Gasteiger partial charge on any atom is -0.497 e. The molecule has 0 amide bonds. The van der Waals surface area contributed by atoms with Gasteiger partial charge in [0.05, 0.1) is 13.7 Å². The van der Waals surface area contributed by atoms with Crippen molar-refractivity contribution in [2.45, 2.75) is 6.42 Å². The van der Waals surface area contributed by atoms with Gasteiger partial charge in [-0.1, -0.05) is 6.07 Å². The third kappa shape index (κ3) is 2.75. The third-order valence-electron chi connectivity index (χ3n) is 3.79. The average Bonchev–Trinajstić information content (AvgIpc) is 2.89. The molecule has 2 aromatic carbocycles. The number of anilines is 1. The lowest BCUT2D eigenvalue weighted by Gasteiger charge is -2.18. The summed E-state index contributed by atoms with van der Waals surface area (Å²) in [4.78, 5) is 14.3. The molecule has 2 aromatic rings. The molecule has 0 radical (unpaired) electrons. The highest BCUT2D eigenvalue weighted by molar-refractivity contribution is 5.99. The van der Waals surface area contributed by atoms with Gasteiger partial charge in [0.25, 0.3) is 0 Å². The number of nitrogens with zero attached hydrogens (tertiary/aromatic N) is 1. The molecule has 1 heterocycles. The van der Waals surface area contributed by atoms with E-state index >= 15 is 0 Å². The van der Waals surface area contributed by atoms with Crippen molar-refractivity contribution in [2.24, 2.45) is 0 Å². The molecule has 4 heteroatoms. The number of hydrogen-bond acceptors (Lipinski definition) is 3. The Morgan fingerprint density at radius 3 is 2.71 bits per heavy atom. The minimum absolute atomic E-state index is 0.0229. The number of ether oxygens (including phenoxy) is 1. The molecule has 0 saturated carbocycles. The molecule has 21 heavy (non-hydrogen) atoms. The van der Waals surface area contributed by atoms with Crippen LogP contribution in [0.5, 0.6) is 5.75 Å². The van der Waals surface area contributed by atoms with E-state index in [-0.39, 0.29) is 18.1 Å². The van der Waals surface area contributed by atoms with Crippen LogP contribution in [0.1, 0.15) is 15.9 Å². The smallest absolute Gasteiger partial charge is 0.182 e. The first-order chi connectivity index (χ1) is 10.2. The molecule has 0 fully saturated rings. The van der Waals surface area contributed by atoms with Gasteiger partial charge in [0.1, 0.15) is 11.6 Å². The maximum atomic E-state index is 13.4. The molecule has 0 bridgehead atoms. The Labute approximate surface area is 123 Å². The predicted molar refractivity (Wildman–Crippen MR) is 79.6 cm³/mol. The van der Waals surface area contributed by atoms with Gasteiger partial charge in [0, 0.05) is 17.8 Å². The molecule has 108 valence electrons. The SMILES string of the molecule is COc1ccc(C(=O)CN2CCc3ccc(F)cc32)cc1. The third-order valence-corrected chi connectivity index (χ3v) is 3.79. The fraction of sp³-hybridized carbons (Fsp3) is 0.235. The van der Waals surface area contributed by atoms with E-state index in [9.17, 15) is 9.18 Å². The second kappa shape index (κ2) is 5.56. The lowest BCUT2D eigenvalue weighted by molar-refractivity contribution is 0.0999. The number of benzene rings is 2. The number of halogens is 1. The van der Waals surface area contributed by atoms with Crippen LogP contribution in [0.2, 0.25) is 0 Å². The number of carbonyl (C=O) groups is 1. The molecule has 0 N–H and O–H groups in total. The van der Waals surface area contributed by atoms with Crippen molar-refractivity contribution in [3.05, 3.63) is 59.4 Å². The molecule has 3 rings (SSSR count). The van der Waals surface area contributed by atoms with Crippen molar-refractivity contribution in [1.29, 1.82) is 0 Å². The van der Waals surface area contributed by atoms with Gasteiger partial charge < -0.3 is 9.64 Å². The average molecular weight is 285 g/mol. The van der Waals surface area contributed by atoms with E-state index in [0.29, 0.717) is 5.56 Å². The number of Topliss-reactive ketones (excluding diaryl/α,β-unsaturated/α-hetero) is 1. The van der Waals surface area contributed by atoms with Crippen molar-refractivity contribution in [2.75, 3.05) is 25.1 Å². The van der Waals surface area contributed by atoms with Crippen LogP contribution in [0, 0.1) is 5.82 Å². The van der Waals surface area contributed by atoms with Crippen LogP contribution >= 0.6 is 0 Å². The molecule has 3 nitrogen and oxygen atoms in total. The number of rotatable bonds is 4. The normalized spacial score (nSPS) is 13.1. The van der Waals surface area contributed by atoms with E-state index in [1.165, 1.54) is 12.1 Å². The first-order valence-electron chi connectivity index (χ1n) is 6.88. The molecule has 0 atom stereocenters. The molecule has 1 aliphatic rings. The Kier molecular flexibility index (Phi) is 3.60. The van der Waals surface area contributed by atoms with Gasteiger partial charge in [-0.15, -0.1) is 0 Å². The lowest BCUT2D eigenvalue weighted by Crippen LogP contribution is -2.28. The summed E-state index contributed by atoms with van der Waals surface area (Å²) in [5, 5.41) is 0. The molecule has 0 aromatic heterocycles. The molecule has 0 aliphatic carbocycles. The van der Waals surface area contributed by atoms with Gasteiger partial charge in [0.15, 0.2) is 5.78 Å². The highest BCUT2D eigenvalue weighted by Crippen LogP contribution is 2.28. The number of hydrogen-bond donors (Lipinski definition) is 0. The van der Waals surface area contributed by atoms with Crippen molar-refractivity contribution in [3.63, 3.8) is 0 Å². The zero-order valence-electron chi connectivity index (χ0n) is 11.8. The fourth-order valence-corrected chi connectivity index (χ4v) is 2.62. The van der Waals surface area contributed by atoms with E-state index in [1.54, 1.807) is 37.4 Å².